The Morgan fingerprint density at radius 2 is 2.10 bits per heavy atom. The van der Waals surface area contributed by atoms with Gasteiger partial charge in [0.05, 0.1) is 23.7 Å². The van der Waals surface area contributed by atoms with Crippen molar-refractivity contribution in [2.24, 2.45) is 0 Å². The van der Waals surface area contributed by atoms with E-state index < -0.39 is 0 Å². The van der Waals surface area contributed by atoms with Gasteiger partial charge in [-0.05, 0) is 19.8 Å². The number of nitrogens with zero attached hydrogens (tertiary/aromatic N) is 2. The van der Waals surface area contributed by atoms with Crippen LogP contribution < -0.4 is 10.6 Å². The van der Waals surface area contributed by atoms with E-state index in [1.807, 2.05) is 13.1 Å². The standard InChI is InChI=1S/C15H26N4O/c1-10(2)15-18-8-13(17-7-11(3)20-4)14(19-15)9-16-12-5-6-12/h8,10-12,16-17H,5-7,9H2,1-4H3. The number of anilines is 1. The van der Waals surface area contributed by atoms with Crippen LogP contribution in [-0.4, -0.2) is 35.8 Å². The lowest BCUT2D eigenvalue weighted by molar-refractivity contribution is 0.129. The zero-order valence-corrected chi connectivity index (χ0v) is 12.9. The summed E-state index contributed by atoms with van der Waals surface area (Å²) in [7, 11) is 1.72. The van der Waals surface area contributed by atoms with E-state index in [0.717, 1.165) is 30.3 Å². The van der Waals surface area contributed by atoms with Crippen molar-refractivity contribution in [3.63, 3.8) is 0 Å². The van der Waals surface area contributed by atoms with Gasteiger partial charge in [0.2, 0.25) is 0 Å². The van der Waals surface area contributed by atoms with Crippen molar-refractivity contribution in [2.45, 2.75) is 58.2 Å². The highest BCUT2D eigenvalue weighted by Crippen LogP contribution is 2.21. The van der Waals surface area contributed by atoms with Gasteiger partial charge < -0.3 is 15.4 Å². The highest BCUT2D eigenvalue weighted by Gasteiger charge is 2.21. The van der Waals surface area contributed by atoms with Gasteiger partial charge in [-0.3, -0.25) is 0 Å². The molecule has 1 saturated carbocycles. The average Bonchev–Trinajstić information content (AvgIpc) is 3.26. The van der Waals surface area contributed by atoms with Crippen LogP contribution >= 0.6 is 0 Å². The summed E-state index contributed by atoms with van der Waals surface area (Å²) in [6, 6.07) is 0.679. The van der Waals surface area contributed by atoms with Crippen LogP contribution in [0.25, 0.3) is 0 Å². The molecule has 20 heavy (non-hydrogen) atoms. The van der Waals surface area contributed by atoms with Gasteiger partial charge in [0.25, 0.3) is 0 Å². The molecule has 0 aliphatic heterocycles. The molecule has 0 amide bonds. The molecule has 5 heteroatoms. The van der Waals surface area contributed by atoms with Crippen LogP contribution in [0.5, 0.6) is 0 Å². The summed E-state index contributed by atoms with van der Waals surface area (Å²) in [5.41, 5.74) is 2.06. The van der Waals surface area contributed by atoms with Crippen LogP contribution in [-0.2, 0) is 11.3 Å². The Morgan fingerprint density at radius 1 is 1.35 bits per heavy atom. The molecule has 1 aromatic heterocycles. The summed E-state index contributed by atoms with van der Waals surface area (Å²) in [5.74, 6) is 1.25. The third kappa shape index (κ3) is 4.42. The second-order valence-corrected chi connectivity index (χ2v) is 5.83. The van der Waals surface area contributed by atoms with Gasteiger partial charge in [0.15, 0.2) is 0 Å². The average molecular weight is 278 g/mol. The Labute approximate surface area is 121 Å². The monoisotopic (exact) mass is 278 g/mol. The second kappa shape index (κ2) is 6.99. The van der Waals surface area contributed by atoms with E-state index in [4.69, 9.17) is 9.72 Å². The first kappa shape index (κ1) is 15.2. The summed E-state index contributed by atoms with van der Waals surface area (Å²) in [5, 5.41) is 6.90. The fourth-order valence-electron chi connectivity index (χ4n) is 1.86. The van der Waals surface area contributed by atoms with E-state index in [1.54, 1.807) is 7.11 Å². The van der Waals surface area contributed by atoms with Gasteiger partial charge in [-0.2, -0.15) is 0 Å². The van der Waals surface area contributed by atoms with Gasteiger partial charge >= 0.3 is 0 Å². The van der Waals surface area contributed by atoms with Gasteiger partial charge in [0.1, 0.15) is 5.82 Å². The third-order valence-electron chi connectivity index (χ3n) is 3.52. The summed E-state index contributed by atoms with van der Waals surface area (Å²) in [6.07, 6.45) is 4.63. The van der Waals surface area contributed by atoms with Gasteiger partial charge in [0, 0.05) is 32.2 Å². The Balaban J connectivity index is 2.06. The molecular formula is C15H26N4O. The minimum atomic E-state index is 0.170. The minimum absolute atomic E-state index is 0.170. The normalized spacial score (nSPS) is 16.4. The molecule has 0 radical (unpaired) electrons. The van der Waals surface area contributed by atoms with Gasteiger partial charge in [-0.1, -0.05) is 13.8 Å². The Morgan fingerprint density at radius 3 is 2.70 bits per heavy atom. The zero-order valence-electron chi connectivity index (χ0n) is 12.9. The zero-order chi connectivity index (χ0) is 14.5. The molecular weight excluding hydrogens is 252 g/mol. The van der Waals surface area contributed by atoms with Crippen molar-refractivity contribution >= 4 is 5.69 Å². The molecule has 1 atom stereocenters. The molecule has 1 fully saturated rings. The van der Waals surface area contributed by atoms with Crippen molar-refractivity contribution in [1.82, 2.24) is 15.3 Å². The number of nitrogens with one attached hydrogen (secondary N) is 2. The molecule has 112 valence electrons. The van der Waals surface area contributed by atoms with Crippen LogP contribution in [0.15, 0.2) is 6.20 Å². The lowest BCUT2D eigenvalue weighted by Crippen LogP contribution is -2.22. The molecule has 1 aromatic rings. The molecule has 1 unspecified atom stereocenters. The summed E-state index contributed by atoms with van der Waals surface area (Å²) >= 11 is 0. The van der Waals surface area contributed by atoms with Crippen molar-refractivity contribution in [3.05, 3.63) is 17.7 Å². The SMILES string of the molecule is COC(C)CNc1cnc(C(C)C)nc1CNC1CC1. The smallest absolute Gasteiger partial charge is 0.131 e. The molecule has 1 aliphatic rings. The number of aromatic nitrogens is 2. The predicted molar refractivity (Wildman–Crippen MR) is 80.9 cm³/mol. The maximum Gasteiger partial charge on any atom is 0.131 e. The minimum Gasteiger partial charge on any atom is -0.380 e. The third-order valence-corrected chi connectivity index (χ3v) is 3.52. The number of ether oxygens (including phenoxy) is 1. The van der Waals surface area contributed by atoms with E-state index in [1.165, 1.54) is 12.8 Å². The first-order valence-electron chi connectivity index (χ1n) is 7.46. The topological polar surface area (TPSA) is 59.1 Å². The lowest BCUT2D eigenvalue weighted by atomic mass is 10.2. The largest absolute Gasteiger partial charge is 0.380 e. The summed E-state index contributed by atoms with van der Waals surface area (Å²) < 4.78 is 5.26. The number of methoxy groups -OCH3 is 1. The summed E-state index contributed by atoms with van der Waals surface area (Å²) in [6.45, 7) is 7.84. The van der Waals surface area contributed by atoms with E-state index in [-0.39, 0.29) is 6.10 Å². The lowest BCUT2D eigenvalue weighted by Gasteiger charge is -2.16. The highest BCUT2D eigenvalue weighted by atomic mass is 16.5. The van der Waals surface area contributed by atoms with Crippen molar-refractivity contribution in [3.8, 4) is 0 Å². The molecule has 0 bridgehead atoms. The van der Waals surface area contributed by atoms with E-state index in [2.05, 4.69) is 29.5 Å². The molecule has 0 saturated heterocycles. The molecule has 2 N–H and O–H groups in total. The first-order valence-corrected chi connectivity index (χ1v) is 7.46. The van der Waals surface area contributed by atoms with Crippen LogP contribution in [0.4, 0.5) is 5.69 Å². The number of hydrogen-bond acceptors (Lipinski definition) is 5. The number of hydrogen-bond donors (Lipinski definition) is 2. The van der Waals surface area contributed by atoms with Crippen molar-refractivity contribution < 1.29 is 4.74 Å². The highest BCUT2D eigenvalue weighted by molar-refractivity contribution is 5.46. The quantitative estimate of drug-likeness (QED) is 0.764. The van der Waals surface area contributed by atoms with E-state index in [0.29, 0.717) is 12.0 Å². The van der Waals surface area contributed by atoms with Crippen LogP contribution in [0.3, 0.4) is 0 Å². The molecule has 2 rings (SSSR count). The maximum absolute atomic E-state index is 5.26. The van der Waals surface area contributed by atoms with Crippen LogP contribution in [0.2, 0.25) is 0 Å². The fourth-order valence-corrected chi connectivity index (χ4v) is 1.86. The van der Waals surface area contributed by atoms with Crippen molar-refractivity contribution in [2.75, 3.05) is 19.0 Å². The second-order valence-electron chi connectivity index (χ2n) is 5.83. The van der Waals surface area contributed by atoms with Crippen LogP contribution in [0.1, 0.15) is 51.0 Å². The Hall–Kier alpha value is -1.20. The molecule has 1 heterocycles. The van der Waals surface area contributed by atoms with Crippen molar-refractivity contribution in [1.29, 1.82) is 0 Å². The molecule has 0 aromatic carbocycles. The predicted octanol–water partition coefficient (Wildman–Crippen LogP) is 2.30. The maximum atomic E-state index is 5.26. The van der Waals surface area contributed by atoms with E-state index in [9.17, 15) is 0 Å². The number of rotatable bonds is 8. The molecule has 1 aliphatic carbocycles. The van der Waals surface area contributed by atoms with Gasteiger partial charge in [-0.15, -0.1) is 0 Å². The Bertz CT molecular complexity index is 432. The summed E-state index contributed by atoms with van der Waals surface area (Å²) in [4.78, 5) is 9.14. The molecule has 0 spiro atoms. The first-order chi connectivity index (χ1) is 9.60. The fraction of sp³-hybridized carbons (Fsp3) is 0.733. The Kier molecular flexibility index (Phi) is 5.31. The van der Waals surface area contributed by atoms with Gasteiger partial charge in [-0.25, -0.2) is 9.97 Å². The van der Waals surface area contributed by atoms with E-state index >= 15 is 0 Å². The molecule has 5 nitrogen and oxygen atoms in total. The van der Waals surface area contributed by atoms with Crippen LogP contribution in [0, 0.1) is 0 Å².